The van der Waals surface area contributed by atoms with Crippen molar-refractivity contribution in [1.82, 2.24) is 10.2 Å². The highest BCUT2D eigenvalue weighted by Crippen LogP contribution is 2.39. The summed E-state index contributed by atoms with van der Waals surface area (Å²) < 4.78 is 1.07. The lowest BCUT2D eigenvalue weighted by atomic mass is 9.72. The molecule has 0 spiro atoms. The number of benzene rings is 1. The highest BCUT2D eigenvalue weighted by molar-refractivity contribution is 7.20. The van der Waals surface area contributed by atoms with E-state index < -0.39 is 0 Å². The van der Waals surface area contributed by atoms with Crippen LogP contribution in [0.25, 0.3) is 10.1 Å². The molecule has 1 atom stereocenters. The van der Waals surface area contributed by atoms with Gasteiger partial charge in [-0.2, -0.15) is 0 Å². The van der Waals surface area contributed by atoms with Crippen molar-refractivity contribution in [2.45, 2.75) is 38.3 Å². The van der Waals surface area contributed by atoms with Gasteiger partial charge in [0.1, 0.15) is 0 Å². The summed E-state index contributed by atoms with van der Waals surface area (Å²) >= 11 is 7.56. The van der Waals surface area contributed by atoms with Crippen molar-refractivity contribution in [3.63, 3.8) is 0 Å². The molecule has 1 aromatic heterocycles. The molecule has 4 heterocycles. The maximum Gasteiger partial charge on any atom is 0.261 e. The van der Waals surface area contributed by atoms with Gasteiger partial charge in [-0.1, -0.05) is 17.7 Å². The van der Waals surface area contributed by atoms with Crippen LogP contribution in [-0.2, 0) is 0 Å². The molecule has 1 N–H and O–H groups in total. The Kier molecular flexibility index (Phi) is 4.86. The summed E-state index contributed by atoms with van der Waals surface area (Å²) in [5, 5.41) is 5.12. The van der Waals surface area contributed by atoms with Crippen LogP contribution in [0.5, 0.6) is 0 Å². The fraction of sp³-hybridized carbons (Fsp3) is 0.500. The highest BCUT2D eigenvalue weighted by Gasteiger charge is 2.48. The van der Waals surface area contributed by atoms with Gasteiger partial charge >= 0.3 is 0 Å². The Morgan fingerprint density at radius 3 is 2.67 bits per heavy atom. The van der Waals surface area contributed by atoms with E-state index in [2.05, 4.69) is 24.1 Å². The van der Waals surface area contributed by atoms with Gasteiger partial charge in [0.05, 0.1) is 4.88 Å². The third-order valence-corrected chi connectivity index (χ3v) is 6.91. The fourth-order valence-electron chi connectivity index (χ4n) is 4.21. The minimum Gasteiger partial charge on any atom is -0.346 e. The summed E-state index contributed by atoms with van der Waals surface area (Å²) in [5.41, 5.74) is 0.0385. The Labute approximate surface area is 157 Å². The van der Waals surface area contributed by atoms with Gasteiger partial charge in [0.2, 0.25) is 0 Å². The summed E-state index contributed by atoms with van der Waals surface area (Å²) in [4.78, 5) is 16.1. The molecule has 3 aliphatic heterocycles. The van der Waals surface area contributed by atoms with Crippen LogP contribution >= 0.6 is 35.3 Å². The molecule has 5 rings (SSSR count). The van der Waals surface area contributed by atoms with Gasteiger partial charge in [-0.05, 0) is 69.3 Å². The van der Waals surface area contributed by atoms with Crippen molar-refractivity contribution < 1.29 is 4.79 Å². The Balaban J connectivity index is 0.00000169. The van der Waals surface area contributed by atoms with E-state index in [0.717, 1.165) is 28.1 Å². The van der Waals surface area contributed by atoms with E-state index in [4.69, 9.17) is 11.6 Å². The molecular formula is C18H22Cl2N2OS. The predicted octanol–water partition coefficient (Wildman–Crippen LogP) is 4.58. The molecule has 0 aliphatic carbocycles. The van der Waals surface area contributed by atoms with E-state index in [9.17, 15) is 4.79 Å². The summed E-state index contributed by atoms with van der Waals surface area (Å²) in [6.07, 6.45) is 2.38. The highest BCUT2D eigenvalue weighted by atomic mass is 35.5. The largest absolute Gasteiger partial charge is 0.346 e. The van der Waals surface area contributed by atoms with Crippen LogP contribution in [-0.4, -0.2) is 35.5 Å². The smallest absolute Gasteiger partial charge is 0.261 e. The molecule has 2 bridgehead atoms. The zero-order valence-corrected chi connectivity index (χ0v) is 16.2. The normalized spacial score (nSPS) is 27.7. The SMILES string of the molecule is CC1(C)[C@H](NC(=O)c2cc3ccc(Cl)cc3s2)C2CCN1CC2.Cl. The minimum absolute atomic E-state index is 0. The van der Waals surface area contributed by atoms with E-state index in [1.165, 1.54) is 24.2 Å². The average Bonchev–Trinajstić information content (AvgIpc) is 2.94. The molecule has 0 unspecified atom stereocenters. The molecule has 3 aliphatic rings. The third kappa shape index (κ3) is 2.94. The van der Waals surface area contributed by atoms with Gasteiger partial charge in [-0.3, -0.25) is 9.69 Å². The molecule has 130 valence electrons. The van der Waals surface area contributed by atoms with Gasteiger partial charge in [0, 0.05) is 21.3 Å². The van der Waals surface area contributed by atoms with E-state index in [0.29, 0.717) is 10.9 Å². The first-order valence-corrected chi connectivity index (χ1v) is 9.39. The summed E-state index contributed by atoms with van der Waals surface area (Å²) in [6.45, 7) is 6.83. The fourth-order valence-corrected chi connectivity index (χ4v) is 5.45. The van der Waals surface area contributed by atoms with Gasteiger partial charge < -0.3 is 5.32 Å². The zero-order chi connectivity index (χ0) is 16.2. The number of hydrogen-bond acceptors (Lipinski definition) is 3. The van der Waals surface area contributed by atoms with Crippen molar-refractivity contribution in [1.29, 1.82) is 0 Å². The second-order valence-electron chi connectivity index (χ2n) is 7.22. The van der Waals surface area contributed by atoms with Gasteiger partial charge in [-0.25, -0.2) is 0 Å². The van der Waals surface area contributed by atoms with Gasteiger partial charge in [0.15, 0.2) is 0 Å². The zero-order valence-electron chi connectivity index (χ0n) is 13.8. The molecular weight excluding hydrogens is 363 g/mol. The molecule has 2 aromatic rings. The van der Waals surface area contributed by atoms with Crippen molar-refractivity contribution in [3.8, 4) is 0 Å². The second kappa shape index (κ2) is 6.49. The second-order valence-corrected chi connectivity index (χ2v) is 8.74. The van der Waals surface area contributed by atoms with E-state index >= 15 is 0 Å². The number of piperidine rings is 3. The Hall–Kier alpha value is -0.810. The molecule has 24 heavy (non-hydrogen) atoms. The molecule has 3 nitrogen and oxygen atoms in total. The number of thiophene rings is 1. The van der Waals surface area contributed by atoms with E-state index in [-0.39, 0.29) is 29.9 Å². The Morgan fingerprint density at radius 2 is 2.00 bits per heavy atom. The number of fused-ring (bicyclic) bond motifs is 4. The molecule has 0 radical (unpaired) electrons. The van der Waals surface area contributed by atoms with E-state index in [1.54, 1.807) is 0 Å². The minimum atomic E-state index is 0. The topological polar surface area (TPSA) is 32.3 Å². The summed E-state index contributed by atoms with van der Waals surface area (Å²) in [6, 6.07) is 7.97. The van der Waals surface area contributed by atoms with Crippen LogP contribution in [0, 0.1) is 5.92 Å². The van der Waals surface area contributed by atoms with Gasteiger partial charge in [-0.15, -0.1) is 23.7 Å². The number of rotatable bonds is 2. The maximum atomic E-state index is 12.8. The maximum absolute atomic E-state index is 12.8. The number of hydrogen-bond donors (Lipinski definition) is 1. The molecule has 1 amide bonds. The number of carbonyl (C=O) groups excluding carboxylic acids is 1. The van der Waals surface area contributed by atoms with Gasteiger partial charge in [0.25, 0.3) is 5.91 Å². The Morgan fingerprint density at radius 1 is 1.29 bits per heavy atom. The van der Waals surface area contributed by atoms with Crippen molar-refractivity contribution >= 4 is 51.3 Å². The molecule has 3 fully saturated rings. The van der Waals surface area contributed by atoms with Crippen LogP contribution < -0.4 is 5.32 Å². The van der Waals surface area contributed by atoms with Crippen LogP contribution in [0.3, 0.4) is 0 Å². The number of amides is 1. The van der Waals surface area contributed by atoms with Crippen molar-refractivity contribution in [2.75, 3.05) is 13.1 Å². The standard InChI is InChI=1S/C18H21ClN2OS.ClH/c1-18(2)16(11-5-7-21(18)8-6-11)20-17(22)15-9-12-3-4-13(19)10-14(12)23-15;/h3-4,9-11,16H,5-8H2,1-2H3,(H,20,22);1H/t16-;/m1./s1. The number of carbonyl (C=O) groups is 1. The number of nitrogens with zero attached hydrogens (tertiary/aromatic N) is 1. The molecule has 1 aromatic carbocycles. The molecule has 3 saturated heterocycles. The lowest BCUT2D eigenvalue weighted by Gasteiger charge is -2.56. The van der Waals surface area contributed by atoms with Crippen molar-refractivity contribution in [3.05, 3.63) is 34.2 Å². The summed E-state index contributed by atoms with van der Waals surface area (Å²) in [5.74, 6) is 0.650. The quantitative estimate of drug-likeness (QED) is 0.821. The van der Waals surface area contributed by atoms with Crippen molar-refractivity contribution in [2.24, 2.45) is 5.92 Å². The monoisotopic (exact) mass is 384 g/mol. The first-order valence-electron chi connectivity index (χ1n) is 8.20. The Bertz CT molecular complexity index is 765. The predicted molar refractivity (Wildman–Crippen MR) is 104 cm³/mol. The van der Waals surface area contributed by atoms with Crippen LogP contribution in [0.15, 0.2) is 24.3 Å². The number of halogens is 2. The van der Waals surface area contributed by atoms with Crippen LogP contribution in [0.2, 0.25) is 5.02 Å². The van der Waals surface area contributed by atoms with Crippen LogP contribution in [0.4, 0.5) is 0 Å². The third-order valence-electron chi connectivity index (χ3n) is 5.58. The average molecular weight is 385 g/mol. The van der Waals surface area contributed by atoms with E-state index in [1.807, 2.05) is 24.3 Å². The molecule has 6 heteroatoms. The number of nitrogens with one attached hydrogen (secondary N) is 1. The first-order chi connectivity index (χ1) is 10.9. The first kappa shape index (κ1) is 18.0. The summed E-state index contributed by atoms with van der Waals surface area (Å²) in [7, 11) is 0. The lowest BCUT2D eigenvalue weighted by molar-refractivity contribution is -0.0377. The lowest BCUT2D eigenvalue weighted by Crippen LogP contribution is -2.69. The van der Waals surface area contributed by atoms with Crippen LogP contribution in [0.1, 0.15) is 36.4 Å². The molecule has 0 saturated carbocycles.